The van der Waals surface area contributed by atoms with Crippen LogP contribution < -0.4 is 0 Å². The first-order valence-corrected chi connectivity index (χ1v) is 26.5. The lowest BCUT2D eigenvalue weighted by atomic mass is 10.1. The third-order valence-electron chi connectivity index (χ3n) is 9.78. The molecule has 0 fully saturated rings. The predicted octanol–water partition coefficient (Wildman–Crippen LogP) is 11.2. The maximum Gasteiger partial charge on any atom is 0.472 e. The third kappa shape index (κ3) is 44.6. The van der Waals surface area contributed by atoms with Crippen LogP contribution in [0, 0.1) is 0 Å². The van der Waals surface area contributed by atoms with Crippen molar-refractivity contribution in [1.29, 1.82) is 0 Å². The van der Waals surface area contributed by atoms with Gasteiger partial charge in [-0.25, -0.2) is 9.13 Å². The van der Waals surface area contributed by atoms with Gasteiger partial charge in [-0.05, 0) is 64.2 Å². The molecule has 0 heterocycles. The van der Waals surface area contributed by atoms with Crippen molar-refractivity contribution < 1.29 is 66.7 Å². The Morgan fingerprint density at radius 3 is 1.58 bits per heavy atom. The van der Waals surface area contributed by atoms with E-state index >= 15 is 0 Å². The SMILES string of the molecule is CCCCCCCC/C=C\CCCCCCCCCC(=O)OC[C@H](COP(=O)(O)OC[C@@H](O)COP(=O)(O)O)OC(=O)CCCC(O)/C=C/C=C/C/C=C/CCCCCCCC. The number of phosphoric acid groups is 2. The molecule has 4 atom stereocenters. The molecule has 0 aromatic rings. The lowest BCUT2D eigenvalue weighted by Gasteiger charge is -2.20. The van der Waals surface area contributed by atoms with Crippen LogP contribution in [0.4, 0.5) is 0 Å². The fourth-order valence-corrected chi connectivity index (χ4v) is 7.33. The van der Waals surface area contributed by atoms with E-state index in [1.54, 1.807) is 12.2 Å². The van der Waals surface area contributed by atoms with Crippen LogP contribution >= 0.6 is 15.6 Å². The van der Waals surface area contributed by atoms with Gasteiger partial charge < -0.3 is 34.4 Å². The third-order valence-corrected chi connectivity index (χ3v) is 11.2. The molecule has 0 aliphatic heterocycles. The van der Waals surface area contributed by atoms with Crippen LogP contribution in [-0.4, -0.2) is 81.6 Å². The molecule has 0 spiro atoms. The molecule has 0 aliphatic carbocycles. The van der Waals surface area contributed by atoms with Crippen molar-refractivity contribution >= 4 is 27.6 Å². The molecule has 14 nitrogen and oxygen atoms in total. The van der Waals surface area contributed by atoms with E-state index in [4.69, 9.17) is 23.8 Å². The fourth-order valence-electron chi connectivity index (χ4n) is 6.18. The number of hydrogen-bond donors (Lipinski definition) is 5. The Bertz CT molecular complexity index is 1300. The number of aliphatic hydroxyl groups is 2. The summed E-state index contributed by atoms with van der Waals surface area (Å²) in [5.41, 5.74) is 0. The van der Waals surface area contributed by atoms with Crippen LogP contribution in [0.25, 0.3) is 0 Å². The first-order valence-electron chi connectivity index (χ1n) is 23.4. The van der Waals surface area contributed by atoms with E-state index in [-0.39, 0.29) is 25.7 Å². The Hall–Kier alpha value is -1.96. The van der Waals surface area contributed by atoms with Crippen molar-refractivity contribution in [3.63, 3.8) is 0 Å². The summed E-state index contributed by atoms with van der Waals surface area (Å²) in [6.07, 6.45) is 39.8. The van der Waals surface area contributed by atoms with E-state index in [0.29, 0.717) is 6.42 Å². The second kappa shape index (κ2) is 41.7. The molecule has 0 saturated heterocycles. The molecule has 2 unspecified atom stereocenters. The van der Waals surface area contributed by atoms with E-state index in [9.17, 15) is 33.8 Å². The molecule has 0 amide bonds. The number of carbonyl (C=O) groups is 2. The lowest BCUT2D eigenvalue weighted by Crippen LogP contribution is -2.30. The van der Waals surface area contributed by atoms with E-state index in [1.165, 1.54) is 96.3 Å². The molecule has 5 N–H and O–H groups in total. The van der Waals surface area contributed by atoms with Crippen molar-refractivity contribution in [2.45, 2.75) is 206 Å². The minimum absolute atomic E-state index is 0.0937. The maximum atomic E-state index is 12.7. The van der Waals surface area contributed by atoms with Gasteiger partial charge in [-0.15, -0.1) is 0 Å². The quantitative estimate of drug-likeness (QED) is 0.0126. The van der Waals surface area contributed by atoms with Gasteiger partial charge in [-0.1, -0.05) is 159 Å². The second-order valence-electron chi connectivity index (χ2n) is 15.9. The first-order chi connectivity index (χ1) is 29.8. The molecule has 0 bridgehead atoms. The average Bonchev–Trinajstić information content (AvgIpc) is 3.22. The molecule has 0 aromatic carbocycles. The van der Waals surface area contributed by atoms with Gasteiger partial charge in [0.1, 0.15) is 12.7 Å². The molecular formula is C46H84O14P2. The van der Waals surface area contributed by atoms with Crippen molar-refractivity contribution in [3.05, 3.63) is 48.6 Å². The average molecular weight is 923 g/mol. The zero-order chi connectivity index (χ0) is 46.0. The number of aliphatic hydroxyl groups excluding tert-OH is 2. The zero-order valence-electron chi connectivity index (χ0n) is 38.1. The van der Waals surface area contributed by atoms with Crippen LogP contribution in [0.15, 0.2) is 48.6 Å². The van der Waals surface area contributed by atoms with Crippen LogP contribution in [0.3, 0.4) is 0 Å². The van der Waals surface area contributed by atoms with Gasteiger partial charge in [-0.3, -0.25) is 23.2 Å². The Kier molecular flexibility index (Phi) is 40.4. The summed E-state index contributed by atoms with van der Waals surface area (Å²) < 4.78 is 47.7. The maximum absolute atomic E-state index is 12.7. The molecule has 62 heavy (non-hydrogen) atoms. The number of carbonyl (C=O) groups excluding carboxylic acids is 2. The number of esters is 2. The van der Waals surface area contributed by atoms with Gasteiger partial charge in [-0.2, -0.15) is 0 Å². The fraction of sp³-hybridized carbons (Fsp3) is 0.783. The highest BCUT2D eigenvalue weighted by Gasteiger charge is 2.28. The summed E-state index contributed by atoms with van der Waals surface area (Å²) >= 11 is 0. The minimum atomic E-state index is -4.89. The molecule has 16 heteroatoms. The Labute approximate surface area is 373 Å². The van der Waals surface area contributed by atoms with E-state index < -0.39 is 72.3 Å². The molecule has 0 saturated carbocycles. The molecule has 0 rings (SSSR count). The van der Waals surface area contributed by atoms with Crippen LogP contribution in [0.2, 0.25) is 0 Å². The standard InChI is InChI=1S/C46H84O14P2/c1-3-5-7-9-11-13-15-17-18-19-20-22-24-26-28-30-32-36-45(49)56-40-44(41-59-62(54,55)58-39-43(48)38-57-61(51,52)53)60-46(50)37-33-35-42(47)34-31-29-27-25-23-21-16-14-12-10-8-6-4-2/h17-18,21,23,27,29,31,34,42-44,47-48H,3-16,19-20,22,24-26,28,30,32-33,35-41H2,1-2H3,(H,54,55)(H2,51,52,53)/b18-17-,23-21+,29-27+,34-31+/t42?,43-,44+/m0/s1. The minimum Gasteiger partial charge on any atom is -0.462 e. The Balaban J connectivity index is 4.65. The van der Waals surface area contributed by atoms with Crippen molar-refractivity contribution in [3.8, 4) is 0 Å². The van der Waals surface area contributed by atoms with Crippen molar-refractivity contribution in [2.24, 2.45) is 0 Å². The van der Waals surface area contributed by atoms with E-state index in [2.05, 4.69) is 47.2 Å². The van der Waals surface area contributed by atoms with Gasteiger partial charge in [0.05, 0.1) is 25.9 Å². The topological polar surface area (TPSA) is 216 Å². The molecule has 0 aromatic heterocycles. The van der Waals surface area contributed by atoms with Crippen LogP contribution in [-0.2, 0) is 41.8 Å². The number of phosphoric ester groups is 2. The highest BCUT2D eigenvalue weighted by atomic mass is 31.2. The number of rotatable bonds is 44. The highest BCUT2D eigenvalue weighted by molar-refractivity contribution is 7.47. The summed E-state index contributed by atoms with van der Waals surface area (Å²) in [4.78, 5) is 52.8. The van der Waals surface area contributed by atoms with Crippen molar-refractivity contribution in [2.75, 3.05) is 26.4 Å². The monoisotopic (exact) mass is 923 g/mol. The van der Waals surface area contributed by atoms with Crippen molar-refractivity contribution in [1.82, 2.24) is 0 Å². The van der Waals surface area contributed by atoms with E-state index in [0.717, 1.165) is 44.9 Å². The van der Waals surface area contributed by atoms with Gasteiger partial charge >= 0.3 is 27.6 Å². The summed E-state index contributed by atoms with van der Waals surface area (Å²) in [7, 11) is -9.75. The summed E-state index contributed by atoms with van der Waals surface area (Å²) in [5.74, 6) is -1.23. The predicted molar refractivity (Wildman–Crippen MR) is 245 cm³/mol. The number of allylic oxidation sites excluding steroid dienone is 7. The zero-order valence-corrected chi connectivity index (χ0v) is 39.9. The number of hydrogen-bond acceptors (Lipinski definition) is 11. The Morgan fingerprint density at radius 1 is 0.532 bits per heavy atom. The lowest BCUT2D eigenvalue weighted by molar-refractivity contribution is -0.161. The summed E-state index contributed by atoms with van der Waals surface area (Å²) in [5, 5.41) is 20.1. The number of unbranched alkanes of at least 4 members (excludes halogenated alkanes) is 19. The van der Waals surface area contributed by atoms with Gasteiger partial charge in [0.15, 0.2) is 6.10 Å². The second-order valence-corrected chi connectivity index (χ2v) is 18.6. The first kappa shape index (κ1) is 60.0. The summed E-state index contributed by atoms with van der Waals surface area (Å²) in [6, 6.07) is 0. The normalized spacial score (nSPS) is 14.9. The molecule has 362 valence electrons. The van der Waals surface area contributed by atoms with Gasteiger partial charge in [0, 0.05) is 12.8 Å². The molecule has 0 radical (unpaired) electrons. The number of ether oxygens (including phenoxy) is 2. The largest absolute Gasteiger partial charge is 0.472 e. The molecule has 0 aliphatic rings. The van der Waals surface area contributed by atoms with Crippen LogP contribution in [0.1, 0.15) is 187 Å². The van der Waals surface area contributed by atoms with Gasteiger partial charge in [0.25, 0.3) is 0 Å². The Morgan fingerprint density at radius 2 is 1.02 bits per heavy atom. The van der Waals surface area contributed by atoms with E-state index in [1.807, 2.05) is 12.2 Å². The highest BCUT2D eigenvalue weighted by Crippen LogP contribution is 2.43. The molecular weight excluding hydrogens is 838 g/mol. The smallest absolute Gasteiger partial charge is 0.462 e. The van der Waals surface area contributed by atoms with Crippen LogP contribution in [0.5, 0.6) is 0 Å². The van der Waals surface area contributed by atoms with Gasteiger partial charge in [0.2, 0.25) is 0 Å². The summed E-state index contributed by atoms with van der Waals surface area (Å²) in [6.45, 7) is 1.54.